The van der Waals surface area contributed by atoms with Crippen molar-refractivity contribution in [1.82, 2.24) is 0 Å². The molecule has 0 radical (unpaired) electrons. The summed E-state index contributed by atoms with van der Waals surface area (Å²) in [5, 5.41) is 0. The molecule has 0 saturated carbocycles. The van der Waals surface area contributed by atoms with Gasteiger partial charge in [0.25, 0.3) is 0 Å². The van der Waals surface area contributed by atoms with Gasteiger partial charge in [-0.25, -0.2) is 4.79 Å². The Morgan fingerprint density at radius 3 is 1.77 bits per heavy atom. The van der Waals surface area contributed by atoms with Crippen molar-refractivity contribution in [2.45, 2.75) is 74.6 Å². The highest BCUT2D eigenvalue weighted by Gasteiger charge is 2.90. The van der Waals surface area contributed by atoms with Crippen molar-refractivity contribution in [3.05, 3.63) is 46.7 Å². The zero-order chi connectivity index (χ0) is 36.8. The molecule has 0 fully saturated rings. The lowest BCUT2D eigenvalue weighted by atomic mass is 9.74. The number of halogens is 16. The maximum Gasteiger partial charge on any atom is 0.460 e. The van der Waals surface area contributed by atoms with Crippen molar-refractivity contribution >= 4 is 17.7 Å². The molecule has 0 aliphatic carbocycles. The number of hydrogen-bond donors (Lipinski definition) is 0. The number of alkyl halides is 16. The van der Waals surface area contributed by atoms with Gasteiger partial charge in [-0.1, -0.05) is 18.2 Å². The van der Waals surface area contributed by atoms with Gasteiger partial charge in [-0.3, -0.25) is 9.79 Å². The summed E-state index contributed by atoms with van der Waals surface area (Å²) < 4.78 is 224. The smallest absolute Gasteiger partial charge is 0.460 e. The molecule has 0 aromatic heterocycles. The van der Waals surface area contributed by atoms with Crippen LogP contribution < -0.4 is 0 Å². The Balaban J connectivity index is 2.39. The molecule has 47 heavy (non-hydrogen) atoms. The van der Waals surface area contributed by atoms with Crippen LogP contribution in [0, 0.1) is 5.92 Å². The minimum absolute atomic E-state index is 0.163. The van der Waals surface area contributed by atoms with E-state index in [-0.39, 0.29) is 11.4 Å². The fourth-order valence-corrected chi connectivity index (χ4v) is 4.59. The molecule has 0 bridgehead atoms. The molecule has 1 aliphatic heterocycles. The lowest BCUT2D eigenvalue weighted by molar-refractivity contribution is -0.440. The molecule has 1 aromatic carbocycles. The predicted octanol–water partition coefficient (Wildman–Crippen LogP) is 8.39. The fourth-order valence-electron chi connectivity index (χ4n) is 4.59. The van der Waals surface area contributed by atoms with Crippen LogP contribution >= 0.6 is 0 Å². The molecule has 1 aromatic rings. The van der Waals surface area contributed by atoms with Gasteiger partial charge in [0.1, 0.15) is 5.92 Å². The van der Waals surface area contributed by atoms with Crippen LogP contribution in [0.15, 0.2) is 40.5 Å². The monoisotopic (exact) mass is 715 g/mol. The molecular weight excluding hydrogens is 694 g/mol. The Morgan fingerprint density at radius 2 is 1.28 bits per heavy atom. The van der Waals surface area contributed by atoms with Crippen LogP contribution in [0.4, 0.5) is 70.2 Å². The zero-order valence-electron chi connectivity index (χ0n) is 23.7. The quantitative estimate of drug-likeness (QED) is 0.131. The van der Waals surface area contributed by atoms with Gasteiger partial charge in [0.05, 0.1) is 24.9 Å². The summed E-state index contributed by atoms with van der Waals surface area (Å²) in [7, 11) is 0.838. The van der Waals surface area contributed by atoms with E-state index in [4.69, 9.17) is 0 Å². The highest BCUT2D eigenvalue weighted by atomic mass is 19.4. The normalized spacial score (nSPS) is 19.0. The molecule has 21 heteroatoms. The van der Waals surface area contributed by atoms with E-state index in [2.05, 4.69) is 14.5 Å². The second kappa shape index (κ2) is 12.8. The van der Waals surface area contributed by atoms with Crippen LogP contribution in [0.1, 0.15) is 43.7 Å². The van der Waals surface area contributed by atoms with Crippen molar-refractivity contribution in [3.8, 4) is 0 Å². The minimum Gasteiger partial charge on any atom is -0.468 e. The Morgan fingerprint density at radius 1 is 0.766 bits per heavy atom. The number of allylic oxidation sites excluding steroid dienone is 1. The number of esters is 2. The van der Waals surface area contributed by atoms with Crippen LogP contribution in [0.5, 0.6) is 0 Å². The molecule has 0 saturated heterocycles. The zero-order valence-corrected chi connectivity index (χ0v) is 23.7. The summed E-state index contributed by atoms with van der Waals surface area (Å²) in [4.78, 5) is 29.5. The van der Waals surface area contributed by atoms with E-state index >= 15 is 0 Å². The van der Waals surface area contributed by atoms with Crippen molar-refractivity contribution in [2.75, 3.05) is 13.7 Å². The summed E-state index contributed by atoms with van der Waals surface area (Å²) >= 11 is 0. The maximum atomic E-state index is 14.1. The third kappa shape index (κ3) is 6.88. The first kappa shape index (κ1) is 39.6. The van der Waals surface area contributed by atoms with Gasteiger partial charge >= 0.3 is 53.9 Å². The molecule has 266 valence electrons. The van der Waals surface area contributed by atoms with E-state index in [9.17, 15) is 79.8 Å². The molecule has 0 amide bonds. The minimum atomic E-state index is -8.08. The largest absolute Gasteiger partial charge is 0.468 e. The predicted molar refractivity (Wildman–Crippen MR) is 126 cm³/mol. The topological polar surface area (TPSA) is 65.0 Å². The summed E-state index contributed by atoms with van der Waals surface area (Å²) in [6.45, 7) is 0.730. The number of rotatable bonds is 11. The Labute approximate surface area is 253 Å². The Kier molecular flexibility index (Phi) is 10.8. The molecule has 1 heterocycles. The number of hydrogen-bond acceptors (Lipinski definition) is 5. The Bertz CT molecular complexity index is 1410. The van der Waals surface area contributed by atoms with E-state index in [1.165, 1.54) is 6.92 Å². The second-order valence-electron chi connectivity index (χ2n) is 10.1. The van der Waals surface area contributed by atoms with Crippen molar-refractivity contribution < 1.29 is 89.3 Å². The van der Waals surface area contributed by atoms with Crippen molar-refractivity contribution in [3.63, 3.8) is 0 Å². The number of aliphatic imine (C=N–C) groups is 1. The van der Waals surface area contributed by atoms with Crippen LogP contribution in [0.3, 0.4) is 0 Å². The highest BCUT2D eigenvalue weighted by Crippen LogP contribution is 2.60. The SMILES string of the molecule is COC(=O)C1C(C)=NC(C)=C(C(=O)OCCCC(F)(F)C(F)(F)C(F)(F)C(F)(F)C(F)(F)C(F)(F)F)C1c1ccccc1C(F)(F)F. The lowest BCUT2D eigenvalue weighted by Crippen LogP contribution is -2.70. The average Bonchev–Trinajstić information content (AvgIpc) is 2.92. The van der Waals surface area contributed by atoms with Gasteiger partial charge in [0.15, 0.2) is 0 Å². The van der Waals surface area contributed by atoms with Crippen LogP contribution in [0.25, 0.3) is 0 Å². The lowest BCUT2D eigenvalue weighted by Gasteiger charge is -2.39. The van der Waals surface area contributed by atoms with E-state index < -0.39 is 102 Å². The summed E-state index contributed by atoms with van der Waals surface area (Å²) in [6, 6.07) is 3.49. The van der Waals surface area contributed by atoms with Gasteiger partial charge in [0.2, 0.25) is 0 Å². The van der Waals surface area contributed by atoms with E-state index in [1.807, 2.05) is 0 Å². The van der Waals surface area contributed by atoms with Crippen molar-refractivity contribution in [1.29, 1.82) is 0 Å². The van der Waals surface area contributed by atoms with Crippen molar-refractivity contribution in [2.24, 2.45) is 10.9 Å². The highest BCUT2D eigenvalue weighted by molar-refractivity contribution is 6.07. The Hall–Kier alpha value is -3.55. The summed E-state index contributed by atoms with van der Waals surface area (Å²) in [5.74, 6) is -44.5. The van der Waals surface area contributed by atoms with Gasteiger partial charge in [-0.15, -0.1) is 0 Å². The maximum absolute atomic E-state index is 14.1. The molecule has 0 spiro atoms. The van der Waals surface area contributed by atoms with E-state index in [1.54, 1.807) is 0 Å². The first-order chi connectivity index (χ1) is 21.0. The van der Waals surface area contributed by atoms with Gasteiger partial charge in [-0.05, 0) is 31.9 Å². The van der Waals surface area contributed by atoms with Gasteiger partial charge in [0, 0.05) is 23.7 Å². The molecule has 2 rings (SSSR count). The second-order valence-corrected chi connectivity index (χ2v) is 10.1. The molecule has 2 atom stereocenters. The number of nitrogens with zero attached hydrogens (tertiary/aromatic N) is 1. The molecule has 0 N–H and O–H groups in total. The molecule has 2 unspecified atom stereocenters. The van der Waals surface area contributed by atoms with Gasteiger partial charge in [-0.2, -0.15) is 70.2 Å². The van der Waals surface area contributed by atoms with Crippen LogP contribution in [0.2, 0.25) is 0 Å². The number of carbonyl (C=O) groups is 2. The fraction of sp³-hybridized carbons (Fsp3) is 0.577. The van der Waals surface area contributed by atoms with Crippen LogP contribution in [-0.4, -0.2) is 67.2 Å². The number of methoxy groups -OCH3 is 1. The number of ether oxygens (including phenoxy) is 2. The van der Waals surface area contributed by atoms with E-state index in [0.29, 0.717) is 6.07 Å². The van der Waals surface area contributed by atoms with Gasteiger partial charge < -0.3 is 9.47 Å². The standard InChI is InChI=1S/C26H21F16NO4/c1-11-15(18(44)46-3)17(13-7-4-5-8-14(13)21(29,30)31)16(12(2)43-11)19(45)47-10-6-9-20(27,28)22(32,33)23(34,35)24(36,37)25(38,39)26(40,41)42/h4-5,7-8,15,17H,6,9-10H2,1-3H3. The molecular formula is C26H21F16NO4. The first-order valence-electron chi connectivity index (χ1n) is 12.7. The third-order valence-electron chi connectivity index (χ3n) is 6.97. The van der Waals surface area contributed by atoms with Crippen LogP contribution in [-0.2, 0) is 25.2 Å². The number of benzene rings is 1. The average molecular weight is 715 g/mol. The molecule has 5 nitrogen and oxygen atoms in total. The number of carbonyl (C=O) groups excluding carboxylic acids is 2. The first-order valence-corrected chi connectivity index (χ1v) is 12.7. The summed E-state index contributed by atoms with van der Waals surface area (Å²) in [6.07, 6.45) is -17.0. The van der Waals surface area contributed by atoms with E-state index in [0.717, 1.165) is 32.2 Å². The summed E-state index contributed by atoms with van der Waals surface area (Å²) in [5.41, 5.74) is -3.42. The molecule has 1 aliphatic rings. The third-order valence-corrected chi connectivity index (χ3v) is 6.97.